The van der Waals surface area contributed by atoms with Gasteiger partial charge in [-0.25, -0.2) is 19.9 Å². The summed E-state index contributed by atoms with van der Waals surface area (Å²) in [4.78, 5) is 45.0. The third-order valence-corrected chi connectivity index (χ3v) is 6.62. The highest BCUT2D eigenvalue weighted by Crippen LogP contribution is 2.18. The lowest BCUT2D eigenvalue weighted by molar-refractivity contribution is 0.0996. The number of hydrogen-bond acceptors (Lipinski definition) is 9. The summed E-state index contributed by atoms with van der Waals surface area (Å²) in [5, 5.41) is 2.33. The minimum Gasteiger partial charge on any atom is -0.382 e. The summed E-state index contributed by atoms with van der Waals surface area (Å²) in [5.41, 5.74) is 16.2. The van der Waals surface area contributed by atoms with Crippen LogP contribution in [0, 0.1) is 11.8 Å². The summed E-state index contributed by atoms with van der Waals surface area (Å²) in [7, 11) is 0. The van der Waals surface area contributed by atoms with Gasteiger partial charge >= 0.3 is 0 Å². The first-order valence-electron chi connectivity index (χ1n) is 12.8. The van der Waals surface area contributed by atoms with E-state index in [1.165, 1.54) is 17.5 Å². The molecule has 10 nitrogen and oxygen atoms in total. The van der Waals surface area contributed by atoms with E-state index in [4.69, 9.17) is 16.5 Å². The molecule has 206 valence electrons. The predicted molar refractivity (Wildman–Crippen MR) is 163 cm³/mol. The molecule has 6 rings (SSSR count). The molecule has 0 aliphatic carbocycles. The fourth-order valence-corrected chi connectivity index (χ4v) is 4.62. The number of pyridine rings is 1. The van der Waals surface area contributed by atoms with Gasteiger partial charge in [0, 0.05) is 35.3 Å². The number of benzene rings is 2. The number of carbonyl (C=O) groups is 1. The van der Waals surface area contributed by atoms with Crippen LogP contribution in [0.4, 0.5) is 5.82 Å². The van der Waals surface area contributed by atoms with Crippen LogP contribution in [0.1, 0.15) is 34.4 Å². The lowest BCUT2D eigenvalue weighted by atomic mass is 10.1. The Morgan fingerprint density at radius 3 is 2.48 bits per heavy atom. The number of para-hydroxylation sites is 1. The molecule has 0 aliphatic rings. The molecule has 0 aliphatic heterocycles. The van der Waals surface area contributed by atoms with E-state index in [1.54, 1.807) is 27.9 Å². The first-order valence-corrected chi connectivity index (χ1v) is 13.7. The van der Waals surface area contributed by atoms with Gasteiger partial charge in [0.25, 0.3) is 11.5 Å². The Kier molecular flexibility index (Phi) is 8.37. The lowest BCUT2D eigenvalue weighted by Gasteiger charge is -2.13. The Morgan fingerprint density at radius 1 is 0.952 bits per heavy atom. The average Bonchev–Trinajstić information content (AvgIpc) is 3.56. The number of carbonyl (C=O) groups excluding carboxylic acids is 1. The van der Waals surface area contributed by atoms with Gasteiger partial charge in [-0.05, 0) is 36.4 Å². The molecule has 0 spiro atoms. The molecule has 42 heavy (non-hydrogen) atoms. The second-order valence-corrected chi connectivity index (χ2v) is 9.49. The van der Waals surface area contributed by atoms with Crippen molar-refractivity contribution in [1.29, 1.82) is 0 Å². The average molecular weight is 573 g/mol. The normalized spacial score (nSPS) is 10.3. The molecule has 1 amide bonds. The maximum Gasteiger partial charge on any atom is 0.271 e. The van der Waals surface area contributed by atoms with Crippen molar-refractivity contribution >= 4 is 34.0 Å². The highest BCUT2D eigenvalue weighted by Gasteiger charge is 2.14. The zero-order chi connectivity index (χ0) is 29.5. The zero-order valence-electron chi connectivity index (χ0n) is 22.4. The molecule has 4 aromatic heterocycles. The van der Waals surface area contributed by atoms with Crippen LogP contribution in [0.5, 0.6) is 0 Å². The van der Waals surface area contributed by atoms with Crippen LogP contribution in [-0.2, 0) is 6.42 Å². The number of rotatable bonds is 4. The standard InChI is InChI=1S/C23H17N3O.C8H7N5OS/c1-2-21-25-20-12-6-9-18(14-13-17-8-7-15-24-16-17)22(20)23(27)26(21)19-10-4-3-5-11-19;9-7-6(8(10)14)13-4(1-11-7)5-2-15-3-12-5/h3-12,15-16H,2H2,1H3;1-3H,(H2,9,11)(H2,10,14). The van der Waals surface area contributed by atoms with E-state index in [-0.39, 0.29) is 17.1 Å². The highest BCUT2D eigenvalue weighted by atomic mass is 32.1. The first kappa shape index (κ1) is 27.8. The van der Waals surface area contributed by atoms with Crippen molar-refractivity contribution in [3.63, 3.8) is 0 Å². The van der Waals surface area contributed by atoms with E-state index < -0.39 is 5.91 Å². The maximum atomic E-state index is 13.4. The fraction of sp³-hybridized carbons (Fsp3) is 0.0645. The number of amides is 1. The SMILES string of the molecule is CCc1nc2cccc(C#Cc3cccnc3)c2c(=O)n1-c1ccccc1.NC(=O)c1nc(-c2cscn2)cnc1N. The first-order chi connectivity index (χ1) is 20.5. The third-order valence-electron chi connectivity index (χ3n) is 6.03. The summed E-state index contributed by atoms with van der Waals surface area (Å²) >= 11 is 1.43. The van der Waals surface area contributed by atoms with Crippen LogP contribution >= 0.6 is 11.3 Å². The van der Waals surface area contributed by atoms with Crippen molar-refractivity contribution < 1.29 is 4.79 Å². The van der Waals surface area contributed by atoms with Crippen LogP contribution in [0.25, 0.3) is 28.0 Å². The Hall–Kier alpha value is -5.73. The Labute approximate surface area is 244 Å². The van der Waals surface area contributed by atoms with Gasteiger partial charge in [-0.1, -0.05) is 43.0 Å². The van der Waals surface area contributed by atoms with Crippen molar-refractivity contribution in [3.8, 4) is 28.9 Å². The molecule has 11 heteroatoms. The number of thiazole rings is 1. The third kappa shape index (κ3) is 6.04. The molecule has 0 atom stereocenters. The Morgan fingerprint density at radius 2 is 1.79 bits per heavy atom. The monoisotopic (exact) mass is 572 g/mol. The van der Waals surface area contributed by atoms with Gasteiger partial charge in [-0.2, -0.15) is 0 Å². The van der Waals surface area contributed by atoms with Gasteiger partial charge in [0.05, 0.1) is 28.3 Å². The second-order valence-electron chi connectivity index (χ2n) is 8.78. The Bertz CT molecular complexity index is 1980. The van der Waals surface area contributed by atoms with Gasteiger partial charge in [-0.15, -0.1) is 11.3 Å². The summed E-state index contributed by atoms with van der Waals surface area (Å²) in [6.45, 7) is 2.00. The van der Waals surface area contributed by atoms with Gasteiger partial charge < -0.3 is 11.5 Å². The van der Waals surface area contributed by atoms with Crippen molar-refractivity contribution in [2.24, 2.45) is 5.73 Å². The molecule has 6 aromatic rings. The number of aryl methyl sites for hydroxylation is 1. The molecule has 0 saturated heterocycles. The second kappa shape index (κ2) is 12.6. The number of fused-ring (bicyclic) bond motifs is 1. The fourth-order valence-electron chi connectivity index (χ4n) is 4.08. The molecule has 0 bridgehead atoms. The van der Waals surface area contributed by atoms with Crippen molar-refractivity contribution in [3.05, 3.63) is 123 Å². The maximum absolute atomic E-state index is 13.4. The van der Waals surface area contributed by atoms with Gasteiger partial charge in [-0.3, -0.25) is 19.1 Å². The summed E-state index contributed by atoms with van der Waals surface area (Å²) in [6.07, 6.45) is 5.52. The molecule has 0 unspecified atom stereocenters. The zero-order valence-corrected chi connectivity index (χ0v) is 23.2. The van der Waals surface area contributed by atoms with Crippen LogP contribution < -0.4 is 17.0 Å². The summed E-state index contributed by atoms with van der Waals surface area (Å²) in [5.74, 6) is 6.26. The van der Waals surface area contributed by atoms with E-state index >= 15 is 0 Å². The number of hydrogen-bond donors (Lipinski definition) is 2. The predicted octanol–water partition coefficient (Wildman–Crippen LogP) is 4.02. The number of nitrogens with two attached hydrogens (primary N) is 2. The number of primary amides is 1. The molecule has 4 N–H and O–H groups in total. The molecule has 2 aromatic carbocycles. The smallest absolute Gasteiger partial charge is 0.271 e. The number of anilines is 1. The Balaban J connectivity index is 0.000000199. The highest BCUT2D eigenvalue weighted by molar-refractivity contribution is 7.07. The topological polar surface area (TPSA) is 156 Å². The van der Waals surface area contributed by atoms with Gasteiger partial charge in [0.2, 0.25) is 0 Å². The molecular formula is C31H24N8O2S. The number of nitrogen functional groups attached to an aromatic ring is 1. The van der Waals surface area contributed by atoms with E-state index in [2.05, 4.69) is 31.8 Å². The largest absolute Gasteiger partial charge is 0.382 e. The van der Waals surface area contributed by atoms with E-state index in [1.807, 2.05) is 67.6 Å². The lowest BCUT2D eigenvalue weighted by Crippen LogP contribution is -2.24. The molecule has 0 radical (unpaired) electrons. The van der Waals surface area contributed by atoms with Crippen molar-refractivity contribution in [2.45, 2.75) is 13.3 Å². The summed E-state index contributed by atoms with van der Waals surface area (Å²) in [6, 6.07) is 18.9. The summed E-state index contributed by atoms with van der Waals surface area (Å²) < 4.78 is 1.68. The van der Waals surface area contributed by atoms with Crippen LogP contribution in [0.2, 0.25) is 0 Å². The van der Waals surface area contributed by atoms with E-state index in [0.717, 1.165) is 17.1 Å². The molecule has 0 fully saturated rings. The quantitative estimate of drug-likeness (QED) is 0.300. The van der Waals surface area contributed by atoms with Gasteiger partial charge in [0.15, 0.2) is 11.5 Å². The number of aromatic nitrogens is 6. The molecule has 0 saturated carbocycles. The van der Waals surface area contributed by atoms with Crippen molar-refractivity contribution in [2.75, 3.05) is 5.73 Å². The van der Waals surface area contributed by atoms with Crippen LogP contribution in [0.15, 0.2) is 94.9 Å². The van der Waals surface area contributed by atoms with Crippen LogP contribution in [-0.4, -0.2) is 35.4 Å². The molecule has 4 heterocycles. The van der Waals surface area contributed by atoms with Crippen molar-refractivity contribution in [1.82, 2.24) is 29.5 Å². The number of nitrogens with zero attached hydrogens (tertiary/aromatic N) is 6. The molecular weight excluding hydrogens is 548 g/mol. The minimum atomic E-state index is -0.697. The van der Waals surface area contributed by atoms with E-state index in [0.29, 0.717) is 34.3 Å². The van der Waals surface area contributed by atoms with Gasteiger partial charge in [0.1, 0.15) is 17.2 Å². The van der Waals surface area contributed by atoms with Crippen LogP contribution in [0.3, 0.4) is 0 Å². The van der Waals surface area contributed by atoms with E-state index in [9.17, 15) is 9.59 Å². The minimum absolute atomic E-state index is 0.0273.